The summed E-state index contributed by atoms with van der Waals surface area (Å²) in [5.41, 5.74) is 1.90. The average Bonchev–Trinajstić information content (AvgIpc) is 2.88. The van der Waals surface area contributed by atoms with E-state index in [4.69, 9.17) is 0 Å². The van der Waals surface area contributed by atoms with Gasteiger partial charge in [0.15, 0.2) is 0 Å². The third-order valence-electron chi connectivity index (χ3n) is 1.78. The van der Waals surface area contributed by atoms with Crippen LogP contribution in [0.5, 0.6) is 0 Å². The van der Waals surface area contributed by atoms with Gasteiger partial charge in [0.1, 0.15) is 0 Å². The first kappa shape index (κ1) is 9.33. The number of aromatic amines is 1. The van der Waals surface area contributed by atoms with Crippen molar-refractivity contribution >= 4 is 11.0 Å². The summed E-state index contributed by atoms with van der Waals surface area (Å²) < 4.78 is 0. The van der Waals surface area contributed by atoms with E-state index in [1.54, 1.807) is 24.8 Å². The summed E-state index contributed by atoms with van der Waals surface area (Å²) in [5, 5.41) is 6.21. The zero-order valence-electron chi connectivity index (χ0n) is 8.04. The lowest BCUT2D eigenvalue weighted by Gasteiger charge is -1.90. The van der Waals surface area contributed by atoms with Gasteiger partial charge in [-0.2, -0.15) is 5.10 Å². The van der Waals surface area contributed by atoms with Crippen molar-refractivity contribution in [3.05, 3.63) is 55.1 Å². The molecule has 0 atom stereocenters. The average molecular weight is 198 g/mol. The molecular formula is C11H10N4. The highest BCUT2D eigenvalue weighted by atomic mass is 15.1. The normalized spacial score (nSPS) is 9.33. The van der Waals surface area contributed by atoms with Crippen molar-refractivity contribution in [2.45, 2.75) is 0 Å². The largest absolute Gasteiger partial charge is 0.286 e. The monoisotopic (exact) mass is 198 g/mol. The van der Waals surface area contributed by atoms with Gasteiger partial charge in [-0.15, -0.1) is 0 Å². The summed E-state index contributed by atoms with van der Waals surface area (Å²) >= 11 is 0. The van der Waals surface area contributed by atoms with Gasteiger partial charge in [0, 0.05) is 24.8 Å². The molecule has 0 saturated heterocycles. The van der Waals surface area contributed by atoms with E-state index in [9.17, 15) is 0 Å². The van der Waals surface area contributed by atoms with E-state index in [-0.39, 0.29) is 0 Å². The SMILES string of the molecule is c1cn[nH]c1.c1cnc2cccnc2c1. The highest BCUT2D eigenvalue weighted by Gasteiger charge is 1.88. The number of nitrogens with zero attached hydrogens (tertiary/aromatic N) is 3. The summed E-state index contributed by atoms with van der Waals surface area (Å²) in [6, 6.07) is 9.50. The molecule has 0 saturated carbocycles. The number of fused-ring (bicyclic) bond motifs is 1. The van der Waals surface area contributed by atoms with Gasteiger partial charge in [0.05, 0.1) is 11.0 Å². The number of pyridine rings is 2. The van der Waals surface area contributed by atoms with Gasteiger partial charge < -0.3 is 0 Å². The van der Waals surface area contributed by atoms with Crippen molar-refractivity contribution in [3.63, 3.8) is 0 Å². The molecule has 0 amide bonds. The van der Waals surface area contributed by atoms with Crippen molar-refractivity contribution in [2.75, 3.05) is 0 Å². The minimum atomic E-state index is 0.949. The minimum Gasteiger partial charge on any atom is -0.286 e. The predicted octanol–water partition coefficient (Wildman–Crippen LogP) is 2.04. The van der Waals surface area contributed by atoms with E-state index in [0.29, 0.717) is 0 Å². The number of hydrogen-bond donors (Lipinski definition) is 1. The highest BCUT2D eigenvalue weighted by molar-refractivity contribution is 5.72. The number of aromatic nitrogens is 4. The van der Waals surface area contributed by atoms with Crippen molar-refractivity contribution in [3.8, 4) is 0 Å². The van der Waals surface area contributed by atoms with Gasteiger partial charge in [-0.05, 0) is 30.3 Å². The lowest BCUT2D eigenvalue weighted by atomic mass is 10.3. The second kappa shape index (κ2) is 4.85. The molecule has 3 rings (SSSR count). The fourth-order valence-electron chi connectivity index (χ4n) is 1.12. The Kier molecular flexibility index (Phi) is 3.02. The third kappa shape index (κ3) is 2.60. The molecule has 15 heavy (non-hydrogen) atoms. The van der Waals surface area contributed by atoms with Crippen LogP contribution < -0.4 is 0 Å². The fourth-order valence-corrected chi connectivity index (χ4v) is 1.12. The molecular weight excluding hydrogens is 188 g/mol. The predicted molar refractivity (Wildman–Crippen MR) is 58.1 cm³/mol. The number of hydrogen-bond acceptors (Lipinski definition) is 3. The van der Waals surface area contributed by atoms with Gasteiger partial charge in [0.25, 0.3) is 0 Å². The van der Waals surface area contributed by atoms with Crippen LogP contribution in [0, 0.1) is 0 Å². The minimum absolute atomic E-state index is 0.949. The summed E-state index contributed by atoms with van der Waals surface area (Å²) in [6.45, 7) is 0. The van der Waals surface area contributed by atoms with Gasteiger partial charge in [-0.25, -0.2) is 0 Å². The zero-order valence-corrected chi connectivity index (χ0v) is 8.04. The van der Waals surface area contributed by atoms with Gasteiger partial charge >= 0.3 is 0 Å². The molecule has 0 aliphatic heterocycles. The summed E-state index contributed by atoms with van der Waals surface area (Å²) in [6.07, 6.45) is 6.99. The molecule has 0 aromatic carbocycles. The maximum Gasteiger partial charge on any atom is 0.0886 e. The Morgan fingerprint density at radius 2 is 1.47 bits per heavy atom. The Morgan fingerprint density at radius 1 is 0.800 bits per heavy atom. The maximum absolute atomic E-state index is 4.12. The van der Waals surface area contributed by atoms with Crippen molar-refractivity contribution in [2.24, 2.45) is 0 Å². The van der Waals surface area contributed by atoms with E-state index >= 15 is 0 Å². The molecule has 3 heterocycles. The molecule has 1 N–H and O–H groups in total. The maximum atomic E-state index is 4.12. The second-order valence-electron chi connectivity index (χ2n) is 2.81. The van der Waals surface area contributed by atoms with Gasteiger partial charge in [-0.1, -0.05) is 0 Å². The molecule has 0 bridgehead atoms. The van der Waals surface area contributed by atoms with Crippen molar-refractivity contribution in [1.82, 2.24) is 20.2 Å². The molecule has 0 unspecified atom stereocenters. The zero-order chi connectivity index (χ0) is 10.3. The van der Waals surface area contributed by atoms with E-state index < -0.39 is 0 Å². The molecule has 0 radical (unpaired) electrons. The Morgan fingerprint density at radius 3 is 1.87 bits per heavy atom. The first-order valence-electron chi connectivity index (χ1n) is 4.56. The highest BCUT2D eigenvalue weighted by Crippen LogP contribution is 2.04. The summed E-state index contributed by atoms with van der Waals surface area (Å²) in [7, 11) is 0. The van der Waals surface area contributed by atoms with Crippen LogP contribution in [0.1, 0.15) is 0 Å². The Balaban J connectivity index is 0.000000144. The summed E-state index contributed by atoms with van der Waals surface area (Å²) in [4.78, 5) is 8.24. The molecule has 3 aromatic rings. The van der Waals surface area contributed by atoms with E-state index in [1.165, 1.54) is 0 Å². The van der Waals surface area contributed by atoms with Crippen LogP contribution in [0.4, 0.5) is 0 Å². The molecule has 0 fully saturated rings. The molecule has 4 nitrogen and oxygen atoms in total. The van der Waals surface area contributed by atoms with Crippen LogP contribution in [-0.2, 0) is 0 Å². The number of nitrogens with one attached hydrogen (secondary N) is 1. The van der Waals surface area contributed by atoms with Gasteiger partial charge in [-0.3, -0.25) is 15.1 Å². The molecule has 4 heteroatoms. The van der Waals surface area contributed by atoms with Crippen LogP contribution in [0.25, 0.3) is 11.0 Å². The first-order chi connectivity index (χ1) is 7.47. The lowest BCUT2D eigenvalue weighted by Crippen LogP contribution is -1.78. The molecule has 3 aromatic heterocycles. The molecule has 74 valence electrons. The van der Waals surface area contributed by atoms with Crippen LogP contribution in [0.15, 0.2) is 55.1 Å². The standard InChI is InChI=1S/C8H6N2.C3H4N2/c1-3-7-8(9-5-1)4-2-6-10-7;1-2-4-5-3-1/h1-6H;1-3H,(H,4,5). The van der Waals surface area contributed by atoms with Crippen molar-refractivity contribution in [1.29, 1.82) is 0 Å². The first-order valence-corrected chi connectivity index (χ1v) is 4.56. The number of H-pyrrole nitrogens is 1. The second-order valence-corrected chi connectivity index (χ2v) is 2.81. The Bertz CT molecular complexity index is 422. The van der Waals surface area contributed by atoms with E-state index in [2.05, 4.69) is 20.2 Å². The quantitative estimate of drug-likeness (QED) is 0.601. The van der Waals surface area contributed by atoms with E-state index in [0.717, 1.165) is 11.0 Å². The van der Waals surface area contributed by atoms with Crippen molar-refractivity contribution < 1.29 is 0 Å². The Labute approximate surface area is 87.0 Å². The molecule has 0 aliphatic carbocycles. The lowest BCUT2D eigenvalue weighted by molar-refractivity contribution is 1.09. The topological polar surface area (TPSA) is 54.5 Å². The van der Waals surface area contributed by atoms with Crippen LogP contribution >= 0.6 is 0 Å². The van der Waals surface area contributed by atoms with Crippen LogP contribution in [-0.4, -0.2) is 20.2 Å². The van der Waals surface area contributed by atoms with Crippen LogP contribution in [0.3, 0.4) is 0 Å². The molecule has 0 spiro atoms. The number of rotatable bonds is 0. The third-order valence-corrected chi connectivity index (χ3v) is 1.78. The Hall–Kier alpha value is -2.23. The van der Waals surface area contributed by atoms with Gasteiger partial charge in [0.2, 0.25) is 0 Å². The smallest absolute Gasteiger partial charge is 0.0886 e. The van der Waals surface area contributed by atoms with Crippen LogP contribution in [0.2, 0.25) is 0 Å². The summed E-state index contributed by atoms with van der Waals surface area (Å²) in [5.74, 6) is 0. The molecule has 0 aliphatic rings. The fraction of sp³-hybridized carbons (Fsp3) is 0. The van der Waals surface area contributed by atoms with E-state index in [1.807, 2.05) is 30.3 Å².